The summed E-state index contributed by atoms with van der Waals surface area (Å²) >= 11 is 0. The minimum Gasteiger partial charge on any atom is -0.384 e. The van der Waals surface area contributed by atoms with E-state index >= 15 is 0 Å². The first-order chi connectivity index (χ1) is 8.04. The molecular formula is C11H18N4O2. The Bertz CT molecular complexity index is 439. The summed E-state index contributed by atoms with van der Waals surface area (Å²) < 4.78 is 1.15. The molecule has 17 heavy (non-hydrogen) atoms. The van der Waals surface area contributed by atoms with Crippen LogP contribution in [0.1, 0.15) is 13.3 Å². The third kappa shape index (κ3) is 3.90. The number of aromatic nitrogens is 2. The summed E-state index contributed by atoms with van der Waals surface area (Å²) in [4.78, 5) is 24.5. The van der Waals surface area contributed by atoms with E-state index < -0.39 is 0 Å². The number of hydrogen-bond acceptors (Lipinski definition) is 4. The number of rotatable bonds is 5. The van der Waals surface area contributed by atoms with Crippen molar-refractivity contribution in [2.45, 2.75) is 19.9 Å². The summed E-state index contributed by atoms with van der Waals surface area (Å²) in [5.41, 5.74) is 0.409. The van der Waals surface area contributed by atoms with Crippen LogP contribution >= 0.6 is 0 Å². The fraction of sp³-hybridized carbons (Fsp3) is 0.545. The van der Waals surface area contributed by atoms with Crippen molar-refractivity contribution < 1.29 is 4.79 Å². The maximum atomic E-state index is 11.7. The maximum absolute atomic E-state index is 11.7. The number of likely N-dealkylation sites (N-methyl/N-ethyl adjacent to an activating group) is 1. The first-order valence-corrected chi connectivity index (χ1v) is 5.55. The molecule has 1 heterocycles. The molecule has 0 saturated carbocycles. The molecule has 0 aromatic carbocycles. The van der Waals surface area contributed by atoms with Gasteiger partial charge in [0.25, 0.3) is 5.56 Å². The fourth-order valence-corrected chi connectivity index (χ4v) is 1.19. The Hall–Kier alpha value is -1.85. The molecule has 0 fully saturated rings. The van der Waals surface area contributed by atoms with Gasteiger partial charge in [-0.2, -0.15) is 5.10 Å². The molecule has 0 spiro atoms. The largest absolute Gasteiger partial charge is 0.384 e. The summed E-state index contributed by atoms with van der Waals surface area (Å²) in [6.45, 7) is 2.80. The van der Waals surface area contributed by atoms with E-state index in [1.807, 2.05) is 6.92 Å². The lowest BCUT2D eigenvalue weighted by atomic mass is 10.4. The van der Waals surface area contributed by atoms with Crippen molar-refractivity contribution in [3.8, 4) is 0 Å². The zero-order chi connectivity index (χ0) is 12.8. The predicted molar refractivity (Wildman–Crippen MR) is 66.0 cm³/mol. The van der Waals surface area contributed by atoms with Crippen LogP contribution in [0, 0.1) is 0 Å². The Morgan fingerprint density at radius 1 is 1.53 bits per heavy atom. The summed E-state index contributed by atoms with van der Waals surface area (Å²) in [5.74, 6) is -0.158. The summed E-state index contributed by atoms with van der Waals surface area (Å²) in [6.07, 6.45) is 2.53. The molecule has 6 heteroatoms. The van der Waals surface area contributed by atoms with Crippen molar-refractivity contribution in [3.05, 3.63) is 22.6 Å². The van der Waals surface area contributed by atoms with E-state index in [9.17, 15) is 9.59 Å². The molecule has 1 rings (SSSR count). The third-order valence-electron chi connectivity index (χ3n) is 2.23. The monoisotopic (exact) mass is 238 g/mol. The highest BCUT2D eigenvalue weighted by Crippen LogP contribution is 1.99. The van der Waals surface area contributed by atoms with Crippen LogP contribution in [0.5, 0.6) is 0 Å². The van der Waals surface area contributed by atoms with Gasteiger partial charge in [-0.1, -0.05) is 6.92 Å². The Morgan fingerprint density at radius 2 is 2.24 bits per heavy atom. The minimum absolute atomic E-state index is 0.0279. The van der Waals surface area contributed by atoms with E-state index in [0.717, 1.165) is 17.6 Å². The van der Waals surface area contributed by atoms with Crippen molar-refractivity contribution in [1.29, 1.82) is 0 Å². The van der Waals surface area contributed by atoms with E-state index in [1.54, 1.807) is 20.3 Å². The number of anilines is 1. The molecule has 0 aliphatic rings. The third-order valence-corrected chi connectivity index (χ3v) is 2.23. The van der Waals surface area contributed by atoms with Gasteiger partial charge < -0.3 is 10.2 Å². The van der Waals surface area contributed by atoms with E-state index in [1.165, 1.54) is 11.0 Å². The Kier molecular flexibility index (Phi) is 4.68. The Labute approximate surface area is 100 Å². The van der Waals surface area contributed by atoms with Crippen LogP contribution in [0.4, 0.5) is 5.69 Å². The normalized spacial score (nSPS) is 10.1. The molecule has 94 valence electrons. The molecule has 1 amide bonds. The van der Waals surface area contributed by atoms with E-state index in [0.29, 0.717) is 5.69 Å². The van der Waals surface area contributed by atoms with Crippen LogP contribution in [-0.4, -0.2) is 41.2 Å². The molecule has 0 atom stereocenters. The molecular weight excluding hydrogens is 220 g/mol. The molecule has 0 bridgehead atoms. The number of carbonyl (C=O) groups is 1. The molecule has 1 aromatic rings. The highest BCUT2D eigenvalue weighted by molar-refractivity contribution is 5.75. The topological polar surface area (TPSA) is 67.2 Å². The van der Waals surface area contributed by atoms with Crippen LogP contribution in [0.2, 0.25) is 0 Å². The number of hydrogen-bond donors (Lipinski definition) is 1. The SMILES string of the molecule is CCCNc1cnn(CC(=O)N(C)C)c(=O)c1. The lowest BCUT2D eigenvalue weighted by Gasteiger charge is -2.11. The van der Waals surface area contributed by atoms with Gasteiger partial charge in [-0.25, -0.2) is 4.68 Å². The van der Waals surface area contributed by atoms with Crippen molar-refractivity contribution in [2.24, 2.45) is 0 Å². The first-order valence-electron chi connectivity index (χ1n) is 5.55. The summed E-state index contributed by atoms with van der Waals surface area (Å²) in [6, 6.07) is 1.45. The minimum atomic E-state index is -0.277. The van der Waals surface area contributed by atoms with Crippen LogP contribution in [0.3, 0.4) is 0 Å². The number of nitrogens with one attached hydrogen (secondary N) is 1. The Morgan fingerprint density at radius 3 is 2.76 bits per heavy atom. The van der Waals surface area contributed by atoms with Crippen molar-refractivity contribution in [1.82, 2.24) is 14.7 Å². The van der Waals surface area contributed by atoms with Gasteiger partial charge in [0.2, 0.25) is 5.91 Å². The van der Waals surface area contributed by atoms with Crippen molar-refractivity contribution in [2.75, 3.05) is 26.0 Å². The molecule has 6 nitrogen and oxygen atoms in total. The second-order valence-corrected chi connectivity index (χ2v) is 3.96. The van der Waals surface area contributed by atoms with Gasteiger partial charge in [-0.05, 0) is 6.42 Å². The molecule has 0 aliphatic heterocycles. The average molecular weight is 238 g/mol. The average Bonchev–Trinajstić information content (AvgIpc) is 2.29. The van der Waals surface area contributed by atoms with Crippen LogP contribution in [0.25, 0.3) is 0 Å². The molecule has 0 unspecified atom stereocenters. The second-order valence-electron chi connectivity index (χ2n) is 3.96. The number of nitrogens with zero attached hydrogens (tertiary/aromatic N) is 3. The maximum Gasteiger partial charge on any atom is 0.269 e. The highest BCUT2D eigenvalue weighted by atomic mass is 16.2. The van der Waals surface area contributed by atoms with Crippen molar-refractivity contribution in [3.63, 3.8) is 0 Å². The fourth-order valence-electron chi connectivity index (χ4n) is 1.19. The quantitative estimate of drug-likeness (QED) is 0.793. The van der Waals surface area contributed by atoms with Gasteiger partial charge in [0.05, 0.1) is 11.9 Å². The summed E-state index contributed by atoms with van der Waals surface area (Å²) in [5, 5.41) is 7.01. The Balaban J connectivity index is 2.76. The van der Waals surface area contributed by atoms with E-state index in [4.69, 9.17) is 0 Å². The highest BCUT2D eigenvalue weighted by Gasteiger charge is 2.07. The molecule has 0 saturated heterocycles. The lowest BCUT2D eigenvalue weighted by molar-refractivity contribution is -0.129. The van der Waals surface area contributed by atoms with Gasteiger partial charge in [-0.15, -0.1) is 0 Å². The van der Waals surface area contributed by atoms with Crippen LogP contribution in [0.15, 0.2) is 17.1 Å². The van der Waals surface area contributed by atoms with Gasteiger partial charge in [0, 0.05) is 26.7 Å². The molecule has 0 radical (unpaired) electrons. The van der Waals surface area contributed by atoms with Gasteiger partial charge >= 0.3 is 0 Å². The standard InChI is InChI=1S/C11H18N4O2/c1-4-5-12-9-6-10(16)15(13-7-9)8-11(17)14(2)3/h6-7,12H,4-5,8H2,1-3H3. The predicted octanol–water partition coefficient (Wildman–Crippen LogP) is 0.153. The number of carbonyl (C=O) groups excluding carboxylic acids is 1. The lowest BCUT2D eigenvalue weighted by Crippen LogP contribution is -2.32. The van der Waals surface area contributed by atoms with Crippen molar-refractivity contribution >= 4 is 11.6 Å². The molecule has 1 aromatic heterocycles. The molecule has 0 aliphatic carbocycles. The first kappa shape index (κ1) is 13.2. The smallest absolute Gasteiger partial charge is 0.269 e. The van der Waals surface area contributed by atoms with Gasteiger partial charge in [-0.3, -0.25) is 9.59 Å². The number of amides is 1. The second kappa shape index (κ2) is 6.03. The van der Waals surface area contributed by atoms with E-state index in [-0.39, 0.29) is 18.0 Å². The molecule has 1 N–H and O–H groups in total. The van der Waals surface area contributed by atoms with E-state index in [2.05, 4.69) is 10.4 Å². The van der Waals surface area contributed by atoms with Gasteiger partial charge in [0.1, 0.15) is 6.54 Å². The zero-order valence-corrected chi connectivity index (χ0v) is 10.4. The zero-order valence-electron chi connectivity index (χ0n) is 10.4. The van der Waals surface area contributed by atoms with Gasteiger partial charge in [0.15, 0.2) is 0 Å². The van der Waals surface area contributed by atoms with Crippen LogP contribution in [-0.2, 0) is 11.3 Å². The summed E-state index contributed by atoms with van der Waals surface area (Å²) in [7, 11) is 3.29. The van der Waals surface area contributed by atoms with Crippen LogP contribution < -0.4 is 10.9 Å².